The number of thiophene rings is 1. The summed E-state index contributed by atoms with van der Waals surface area (Å²) in [7, 11) is 0. The fourth-order valence-corrected chi connectivity index (χ4v) is 9.85. The van der Waals surface area contributed by atoms with Gasteiger partial charge in [-0.3, -0.25) is 0 Å². The molecule has 0 saturated carbocycles. The Labute approximate surface area is 301 Å². The monoisotopic (exact) mass is 680 g/mol. The van der Waals surface area contributed by atoms with Crippen LogP contribution in [0.15, 0.2) is 174 Å². The van der Waals surface area contributed by atoms with Gasteiger partial charge in [-0.05, 0) is 72.3 Å². The van der Waals surface area contributed by atoms with Gasteiger partial charge in [-0.2, -0.15) is 0 Å². The molecule has 0 spiro atoms. The average Bonchev–Trinajstić information content (AvgIpc) is 3.95. The molecule has 0 N–H and O–H groups in total. The van der Waals surface area contributed by atoms with E-state index >= 15 is 0 Å². The zero-order valence-corrected chi connectivity index (χ0v) is 28.7. The molecule has 0 aliphatic carbocycles. The van der Waals surface area contributed by atoms with E-state index < -0.39 is 0 Å². The molecule has 0 amide bonds. The van der Waals surface area contributed by atoms with Crippen LogP contribution >= 0.6 is 11.3 Å². The molecule has 8 aromatic carbocycles. The van der Waals surface area contributed by atoms with Crippen LogP contribution in [0.25, 0.3) is 108 Å². The van der Waals surface area contributed by atoms with Gasteiger partial charge < -0.3 is 13.6 Å². The van der Waals surface area contributed by atoms with Crippen LogP contribution in [-0.2, 0) is 0 Å². The van der Waals surface area contributed by atoms with Gasteiger partial charge in [0.1, 0.15) is 11.2 Å². The maximum atomic E-state index is 6.74. The number of rotatable bonds is 3. The lowest BCUT2D eigenvalue weighted by atomic mass is 9.97. The van der Waals surface area contributed by atoms with Crippen molar-refractivity contribution in [2.75, 3.05) is 0 Å². The highest BCUT2D eigenvalue weighted by Gasteiger charge is 2.19. The second kappa shape index (κ2) is 10.5. The molecule has 52 heavy (non-hydrogen) atoms. The van der Waals surface area contributed by atoms with Crippen molar-refractivity contribution < 1.29 is 4.42 Å². The second-order valence-electron chi connectivity index (χ2n) is 13.7. The van der Waals surface area contributed by atoms with E-state index in [9.17, 15) is 0 Å². The van der Waals surface area contributed by atoms with Gasteiger partial charge in [0, 0.05) is 69.4 Å². The minimum absolute atomic E-state index is 0.892. The first kappa shape index (κ1) is 28.1. The first-order chi connectivity index (χ1) is 25.8. The van der Waals surface area contributed by atoms with E-state index in [1.807, 2.05) is 11.3 Å². The maximum absolute atomic E-state index is 6.74. The van der Waals surface area contributed by atoms with Crippen molar-refractivity contribution in [1.82, 2.24) is 9.13 Å². The highest BCUT2D eigenvalue weighted by atomic mass is 32.1. The molecule has 0 bridgehead atoms. The topological polar surface area (TPSA) is 23.0 Å². The van der Waals surface area contributed by atoms with Gasteiger partial charge in [-0.15, -0.1) is 11.3 Å². The van der Waals surface area contributed by atoms with E-state index in [-0.39, 0.29) is 0 Å². The molecule has 0 aliphatic rings. The van der Waals surface area contributed by atoms with Crippen molar-refractivity contribution in [2.24, 2.45) is 0 Å². The number of nitrogens with zero attached hydrogens (tertiary/aromatic N) is 2. The normalized spacial score (nSPS) is 12.2. The molecule has 12 aromatic rings. The Morgan fingerprint density at radius 2 is 0.885 bits per heavy atom. The Balaban J connectivity index is 1.07. The molecule has 4 aromatic heterocycles. The standard InChI is InChI=1S/C48H28N2OS/c1-5-18-40-31(11-1)32-12-2-6-19-41(32)49(40)29-23-25-43-38(27-29)33-13-3-7-20-42(33)50(43)30-24-26-44-39(28-30)36-17-9-16-35(48(36)51-44)34-15-10-22-46-47(34)37-14-4-8-21-45(37)52-46/h1-28H. The number of benzene rings is 8. The molecule has 0 radical (unpaired) electrons. The smallest absolute Gasteiger partial charge is 0.143 e. The number of para-hydroxylation sites is 4. The maximum Gasteiger partial charge on any atom is 0.143 e. The molecular weight excluding hydrogens is 653 g/mol. The molecule has 0 fully saturated rings. The van der Waals surface area contributed by atoms with Crippen LogP contribution in [0.3, 0.4) is 0 Å². The van der Waals surface area contributed by atoms with Crippen LogP contribution in [0.4, 0.5) is 0 Å². The van der Waals surface area contributed by atoms with Gasteiger partial charge in [-0.25, -0.2) is 0 Å². The Morgan fingerprint density at radius 1 is 0.365 bits per heavy atom. The Morgan fingerprint density at radius 3 is 1.62 bits per heavy atom. The highest BCUT2D eigenvalue weighted by Crippen LogP contribution is 2.44. The number of hydrogen-bond acceptors (Lipinski definition) is 2. The second-order valence-corrected chi connectivity index (χ2v) is 14.7. The van der Waals surface area contributed by atoms with Crippen molar-refractivity contribution in [2.45, 2.75) is 0 Å². The van der Waals surface area contributed by atoms with Crippen LogP contribution in [0.1, 0.15) is 0 Å². The zero-order valence-electron chi connectivity index (χ0n) is 27.9. The van der Waals surface area contributed by atoms with Gasteiger partial charge in [0.05, 0.1) is 22.1 Å². The third-order valence-corrected chi connectivity index (χ3v) is 12.1. The predicted molar refractivity (Wildman–Crippen MR) is 221 cm³/mol. The van der Waals surface area contributed by atoms with Crippen LogP contribution in [-0.4, -0.2) is 9.13 Å². The summed E-state index contributed by atoms with van der Waals surface area (Å²) in [6.45, 7) is 0. The van der Waals surface area contributed by atoms with Crippen LogP contribution in [0.5, 0.6) is 0 Å². The Kier molecular flexibility index (Phi) is 5.65. The lowest BCUT2D eigenvalue weighted by molar-refractivity contribution is 0.670. The summed E-state index contributed by atoms with van der Waals surface area (Å²) in [5, 5.41) is 9.82. The lowest BCUT2D eigenvalue weighted by Crippen LogP contribution is -1.95. The van der Waals surface area contributed by atoms with Crippen LogP contribution < -0.4 is 0 Å². The van der Waals surface area contributed by atoms with Crippen LogP contribution in [0, 0.1) is 0 Å². The SMILES string of the molecule is c1ccc2c(c1)sc1cccc(-c3cccc4c3oc3ccc(-n5c6ccccc6c6cc(-n7c8ccccc8c8ccccc87)ccc65)cc34)c12. The quantitative estimate of drug-likeness (QED) is 0.182. The average molecular weight is 681 g/mol. The predicted octanol–water partition coefficient (Wildman–Crippen LogP) is 13.8. The van der Waals surface area contributed by atoms with Crippen molar-refractivity contribution in [3.05, 3.63) is 170 Å². The zero-order chi connectivity index (χ0) is 33.9. The molecule has 12 rings (SSSR count). The summed E-state index contributed by atoms with van der Waals surface area (Å²) in [5.74, 6) is 0. The van der Waals surface area contributed by atoms with Crippen molar-refractivity contribution in [1.29, 1.82) is 0 Å². The summed E-state index contributed by atoms with van der Waals surface area (Å²) in [4.78, 5) is 0. The molecule has 4 heteroatoms. The van der Waals surface area contributed by atoms with E-state index in [1.54, 1.807) is 0 Å². The van der Waals surface area contributed by atoms with E-state index in [0.717, 1.165) is 38.9 Å². The summed E-state index contributed by atoms with van der Waals surface area (Å²) < 4.78 is 14.1. The van der Waals surface area contributed by atoms with Crippen LogP contribution in [0.2, 0.25) is 0 Å². The third kappa shape index (κ3) is 3.79. The van der Waals surface area contributed by atoms with Gasteiger partial charge in [-0.1, -0.05) is 103 Å². The van der Waals surface area contributed by atoms with E-state index in [2.05, 4.69) is 179 Å². The molecule has 3 nitrogen and oxygen atoms in total. The summed E-state index contributed by atoms with van der Waals surface area (Å²) in [5.41, 5.74) is 11.2. The van der Waals surface area contributed by atoms with Crippen molar-refractivity contribution >= 4 is 97.1 Å². The summed E-state index contributed by atoms with van der Waals surface area (Å²) in [6, 6.07) is 61.6. The molecular formula is C48H28N2OS. The molecule has 242 valence electrons. The van der Waals surface area contributed by atoms with Crippen molar-refractivity contribution in [3.63, 3.8) is 0 Å². The van der Waals surface area contributed by atoms with Gasteiger partial charge >= 0.3 is 0 Å². The largest absolute Gasteiger partial charge is 0.455 e. The summed E-state index contributed by atoms with van der Waals surface area (Å²) >= 11 is 1.85. The number of fused-ring (bicyclic) bond motifs is 12. The molecule has 0 atom stereocenters. The first-order valence-electron chi connectivity index (χ1n) is 17.7. The minimum atomic E-state index is 0.892. The fraction of sp³-hybridized carbons (Fsp3) is 0. The highest BCUT2D eigenvalue weighted by molar-refractivity contribution is 7.25. The van der Waals surface area contributed by atoms with Gasteiger partial charge in [0.25, 0.3) is 0 Å². The molecule has 0 saturated heterocycles. The molecule has 0 unspecified atom stereocenters. The van der Waals surface area contributed by atoms with E-state index in [0.29, 0.717) is 0 Å². The summed E-state index contributed by atoms with van der Waals surface area (Å²) in [6.07, 6.45) is 0. The molecule has 0 aliphatic heterocycles. The van der Waals surface area contributed by atoms with Gasteiger partial charge in [0.15, 0.2) is 0 Å². The Hall–Kier alpha value is -6.62. The van der Waals surface area contributed by atoms with Gasteiger partial charge in [0.2, 0.25) is 0 Å². The first-order valence-corrected chi connectivity index (χ1v) is 18.5. The van der Waals surface area contributed by atoms with E-state index in [1.165, 1.54) is 69.3 Å². The number of aromatic nitrogens is 2. The number of furan rings is 1. The van der Waals surface area contributed by atoms with Crippen molar-refractivity contribution in [3.8, 4) is 22.5 Å². The third-order valence-electron chi connectivity index (χ3n) is 10.9. The van der Waals surface area contributed by atoms with E-state index in [4.69, 9.17) is 4.42 Å². The minimum Gasteiger partial charge on any atom is -0.455 e. The molecule has 4 heterocycles. The number of hydrogen-bond donors (Lipinski definition) is 0. The Bertz CT molecular complexity index is 3370. The fourth-order valence-electron chi connectivity index (χ4n) is 8.72. The lowest BCUT2D eigenvalue weighted by Gasteiger charge is -2.10.